The highest BCUT2D eigenvalue weighted by Crippen LogP contribution is 2.14. The Bertz CT molecular complexity index is 432. The van der Waals surface area contributed by atoms with Crippen LogP contribution in [0.3, 0.4) is 0 Å². The molecule has 1 aliphatic heterocycles. The van der Waals surface area contributed by atoms with Gasteiger partial charge in [0.15, 0.2) is 0 Å². The van der Waals surface area contributed by atoms with Gasteiger partial charge in [0.25, 0.3) is 5.91 Å². The number of likely N-dealkylation sites (tertiary alicyclic amines) is 1. The smallest absolute Gasteiger partial charge is 0.252 e. The molecule has 1 saturated heterocycles. The second-order valence-corrected chi connectivity index (χ2v) is 5.42. The van der Waals surface area contributed by atoms with Crippen molar-refractivity contribution >= 4 is 17.5 Å². The van der Waals surface area contributed by atoms with Crippen LogP contribution < -0.4 is 5.32 Å². The molecule has 1 amide bonds. The summed E-state index contributed by atoms with van der Waals surface area (Å²) in [6.07, 6.45) is 6.91. The molecule has 1 fully saturated rings. The maximum atomic E-state index is 12.0. The molecule has 1 aromatic rings. The third kappa shape index (κ3) is 3.91. The number of hydrogen-bond donors (Lipinski definition) is 1. The molecule has 2 rings (SSSR count). The van der Waals surface area contributed by atoms with Crippen LogP contribution in [0.5, 0.6) is 0 Å². The second kappa shape index (κ2) is 6.87. The average molecular weight is 282 g/mol. The number of nitrogens with one attached hydrogen (secondary N) is 1. The van der Waals surface area contributed by atoms with E-state index in [0.29, 0.717) is 23.2 Å². The topological polar surface area (TPSA) is 45.2 Å². The number of carbonyl (C=O) groups is 1. The van der Waals surface area contributed by atoms with Crippen molar-refractivity contribution in [2.75, 3.05) is 19.6 Å². The van der Waals surface area contributed by atoms with E-state index >= 15 is 0 Å². The number of rotatable bonds is 4. The molecule has 2 heterocycles. The van der Waals surface area contributed by atoms with Gasteiger partial charge in [-0.1, -0.05) is 18.0 Å². The lowest BCUT2D eigenvalue weighted by Crippen LogP contribution is -2.44. The van der Waals surface area contributed by atoms with Crippen LogP contribution in [0.15, 0.2) is 18.5 Å². The normalized spacial score (nSPS) is 18.0. The van der Waals surface area contributed by atoms with Crippen molar-refractivity contribution in [3.8, 4) is 0 Å². The Morgan fingerprint density at radius 1 is 1.47 bits per heavy atom. The Kier molecular flexibility index (Phi) is 5.16. The molecule has 104 valence electrons. The van der Waals surface area contributed by atoms with Crippen LogP contribution in [0.1, 0.15) is 36.5 Å². The predicted molar refractivity (Wildman–Crippen MR) is 76.5 cm³/mol. The summed E-state index contributed by atoms with van der Waals surface area (Å²) in [5.74, 6) is -0.128. The molecular weight excluding hydrogens is 262 g/mol. The number of piperidine rings is 1. The van der Waals surface area contributed by atoms with Gasteiger partial charge in [-0.3, -0.25) is 14.7 Å². The van der Waals surface area contributed by atoms with Crippen LogP contribution in [0.2, 0.25) is 5.02 Å². The van der Waals surface area contributed by atoms with E-state index in [2.05, 4.69) is 22.1 Å². The highest BCUT2D eigenvalue weighted by atomic mass is 35.5. The van der Waals surface area contributed by atoms with Crippen molar-refractivity contribution < 1.29 is 4.79 Å². The van der Waals surface area contributed by atoms with Gasteiger partial charge in [-0.2, -0.15) is 0 Å². The van der Waals surface area contributed by atoms with E-state index in [9.17, 15) is 4.79 Å². The lowest BCUT2D eigenvalue weighted by Gasteiger charge is -2.32. The van der Waals surface area contributed by atoms with Gasteiger partial charge in [-0.25, -0.2) is 0 Å². The van der Waals surface area contributed by atoms with Crippen LogP contribution in [-0.4, -0.2) is 41.5 Å². The number of amides is 1. The molecule has 0 saturated carbocycles. The van der Waals surface area contributed by atoms with Gasteiger partial charge >= 0.3 is 0 Å². The maximum absolute atomic E-state index is 12.0. The van der Waals surface area contributed by atoms with Crippen LogP contribution in [0.25, 0.3) is 0 Å². The highest BCUT2D eigenvalue weighted by molar-refractivity contribution is 6.33. The van der Waals surface area contributed by atoms with E-state index in [4.69, 9.17) is 11.6 Å². The largest absolute Gasteiger partial charge is 0.350 e. The number of hydrogen-bond acceptors (Lipinski definition) is 3. The number of aromatic nitrogens is 1. The van der Waals surface area contributed by atoms with Gasteiger partial charge in [-0.15, -0.1) is 0 Å². The van der Waals surface area contributed by atoms with E-state index in [-0.39, 0.29) is 5.91 Å². The van der Waals surface area contributed by atoms with Crippen molar-refractivity contribution in [3.05, 3.63) is 29.0 Å². The third-order valence-corrected chi connectivity index (χ3v) is 3.89. The van der Waals surface area contributed by atoms with Crippen molar-refractivity contribution in [1.29, 1.82) is 0 Å². The van der Waals surface area contributed by atoms with Gasteiger partial charge in [0.2, 0.25) is 0 Å². The Morgan fingerprint density at radius 3 is 2.89 bits per heavy atom. The summed E-state index contributed by atoms with van der Waals surface area (Å²) in [4.78, 5) is 18.3. The Hall–Kier alpha value is -1.13. The predicted octanol–water partition coefficient (Wildman–Crippen LogP) is 2.34. The third-order valence-electron chi connectivity index (χ3n) is 3.59. The molecule has 0 bridgehead atoms. The SMILES string of the molecule is CC(CNC(=O)c1ccncc1Cl)N1CCCCC1. The molecule has 19 heavy (non-hydrogen) atoms. The van der Waals surface area contributed by atoms with Gasteiger partial charge < -0.3 is 5.32 Å². The summed E-state index contributed by atoms with van der Waals surface area (Å²) in [5, 5.41) is 3.34. The van der Waals surface area contributed by atoms with Crippen LogP contribution >= 0.6 is 11.6 Å². The lowest BCUT2D eigenvalue weighted by atomic mass is 10.1. The van der Waals surface area contributed by atoms with Crippen molar-refractivity contribution in [3.63, 3.8) is 0 Å². The first-order valence-corrected chi connectivity index (χ1v) is 7.18. The molecule has 0 spiro atoms. The van der Waals surface area contributed by atoms with E-state index in [0.717, 1.165) is 13.1 Å². The summed E-state index contributed by atoms with van der Waals surface area (Å²) in [6.45, 7) is 5.07. The molecule has 0 aromatic carbocycles. The summed E-state index contributed by atoms with van der Waals surface area (Å²) >= 11 is 5.95. The fourth-order valence-electron chi connectivity index (χ4n) is 2.38. The van der Waals surface area contributed by atoms with Crippen molar-refractivity contribution in [2.45, 2.75) is 32.2 Å². The van der Waals surface area contributed by atoms with Crippen molar-refractivity contribution in [1.82, 2.24) is 15.2 Å². The first kappa shape index (κ1) is 14.3. The minimum atomic E-state index is -0.128. The van der Waals surface area contributed by atoms with E-state index in [1.54, 1.807) is 12.3 Å². The standard InChI is InChI=1S/C14H20ClN3O/c1-11(18-7-3-2-4-8-18)9-17-14(19)12-5-6-16-10-13(12)15/h5-6,10-11H,2-4,7-9H2,1H3,(H,17,19). The van der Waals surface area contributed by atoms with Gasteiger partial charge in [0.05, 0.1) is 10.6 Å². The molecule has 0 aliphatic carbocycles. The Labute approximate surface area is 119 Å². The minimum Gasteiger partial charge on any atom is -0.350 e. The second-order valence-electron chi connectivity index (χ2n) is 5.01. The number of halogens is 1. The van der Waals surface area contributed by atoms with E-state index < -0.39 is 0 Å². The monoisotopic (exact) mass is 281 g/mol. The fraction of sp³-hybridized carbons (Fsp3) is 0.571. The highest BCUT2D eigenvalue weighted by Gasteiger charge is 2.18. The van der Waals surface area contributed by atoms with Crippen molar-refractivity contribution in [2.24, 2.45) is 0 Å². The molecule has 4 nitrogen and oxygen atoms in total. The fourth-order valence-corrected chi connectivity index (χ4v) is 2.59. The molecular formula is C14H20ClN3O. The molecule has 1 N–H and O–H groups in total. The summed E-state index contributed by atoms with van der Waals surface area (Å²) in [7, 11) is 0. The van der Waals surface area contributed by atoms with Gasteiger partial charge in [0.1, 0.15) is 0 Å². The number of pyridine rings is 1. The van der Waals surface area contributed by atoms with Gasteiger partial charge in [-0.05, 0) is 38.9 Å². The summed E-state index contributed by atoms with van der Waals surface area (Å²) in [5.41, 5.74) is 0.488. The van der Waals surface area contributed by atoms with E-state index in [1.165, 1.54) is 25.5 Å². The minimum absolute atomic E-state index is 0.128. The summed E-state index contributed by atoms with van der Waals surface area (Å²) in [6, 6.07) is 2.01. The Balaban J connectivity index is 1.84. The van der Waals surface area contributed by atoms with Crippen LogP contribution in [0.4, 0.5) is 0 Å². The first-order valence-electron chi connectivity index (χ1n) is 6.80. The zero-order valence-corrected chi connectivity index (χ0v) is 12.0. The Morgan fingerprint density at radius 2 is 2.21 bits per heavy atom. The molecule has 1 aromatic heterocycles. The maximum Gasteiger partial charge on any atom is 0.252 e. The zero-order valence-electron chi connectivity index (χ0n) is 11.2. The van der Waals surface area contributed by atoms with Crippen LogP contribution in [0, 0.1) is 0 Å². The first-order chi connectivity index (χ1) is 9.18. The quantitative estimate of drug-likeness (QED) is 0.921. The zero-order chi connectivity index (χ0) is 13.7. The lowest BCUT2D eigenvalue weighted by molar-refractivity contribution is 0.0930. The number of nitrogens with zero attached hydrogens (tertiary/aromatic N) is 2. The number of carbonyl (C=O) groups excluding carboxylic acids is 1. The van der Waals surface area contributed by atoms with E-state index in [1.807, 2.05) is 0 Å². The summed E-state index contributed by atoms with van der Waals surface area (Å²) < 4.78 is 0. The molecule has 1 atom stereocenters. The molecule has 1 aliphatic rings. The average Bonchev–Trinajstić information content (AvgIpc) is 2.46. The molecule has 0 radical (unpaired) electrons. The molecule has 5 heteroatoms. The molecule has 1 unspecified atom stereocenters. The van der Waals surface area contributed by atoms with Crippen LogP contribution in [-0.2, 0) is 0 Å². The van der Waals surface area contributed by atoms with Gasteiger partial charge in [0, 0.05) is 25.0 Å².